The number of halogens is 1. The molecule has 132 valence electrons. The summed E-state index contributed by atoms with van der Waals surface area (Å²) in [5, 5.41) is 22.1. The van der Waals surface area contributed by atoms with Crippen LogP contribution in [0.25, 0.3) is 0 Å². The molecule has 2 aliphatic heterocycles. The van der Waals surface area contributed by atoms with Crippen molar-refractivity contribution in [2.45, 2.75) is 23.2 Å². The molecule has 1 aromatic carbocycles. The summed E-state index contributed by atoms with van der Waals surface area (Å²) < 4.78 is 0. The van der Waals surface area contributed by atoms with E-state index < -0.39 is 41.0 Å². The van der Waals surface area contributed by atoms with E-state index in [0.29, 0.717) is 5.56 Å². The smallest absolute Gasteiger partial charge is 0.363 e. The van der Waals surface area contributed by atoms with Gasteiger partial charge in [-0.3, -0.25) is 14.5 Å². The van der Waals surface area contributed by atoms with Gasteiger partial charge in [0, 0.05) is 0 Å². The quantitative estimate of drug-likeness (QED) is 0.535. The molecular formula is C15H14ClN3O5S. The number of β-lactam (4-membered cyclic amide) rings is 1. The molecule has 8 nitrogen and oxygen atoms in total. The first-order valence-corrected chi connectivity index (χ1v) is 8.52. The van der Waals surface area contributed by atoms with Crippen LogP contribution in [0.2, 0.25) is 0 Å². The van der Waals surface area contributed by atoms with Crippen LogP contribution in [0.4, 0.5) is 0 Å². The van der Waals surface area contributed by atoms with Crippen molar-refractivity contribution in [1.29, 1.82) is 0 Å². The third-order valence-corrected chi connectivity index (χ3v) is 5.71. The van der Waals surface area contributed by atoms with Crippen LogP contribution in [0.3, 0.4) is 0 Å². The fourth-order valence-electron chi connectivity index (χ4n) is 2.67. The van der Waals surface area contributed by atoms with Crippen molar-refractivity contribution >= 4 is 41.1 Å². The summed E-state index contributed by atoms with van der Waals surface area (Å²) in [6.45, 7) is 0. The topological polar surface area (TPSA) is 133 Å². The molecule has 10 heteroatoms. The van der Waals surface area contributed by atoms with Crippen LogP contribution in [0.5, 0.6) is 0 Å². The fraction of sp³-hybridized carbons (Fsp3) is 0.267. The first-order valence-electron chi connectivity index (χ1n) is 7.20. The molecule has 1 saturated heterocycles. The van der Waals surface area contributed by atoms with E-state index in [0.717, 1.165) is 16.7 Å². The number of benzene rings is 1. The van der Waals surface area contributed by atoms with E-state index >= 15 is 0 Å². The molecule has 3 rings (SSSR count). The van der Waals surface area contributed by atoms with Crippen LogP contribution < -0.4 is 11.1 Å². The van der Waals surface area contributed by atoms with Gasteiger partial charge in [0.15, 0.2) is 0 Å². The number of aliphatic carboxylic acids is 1. The van der Waals surface area contributed by atoms with E-state index in [9.17, 15) is 24.6 Å². The lowest BCUT2D eigenvalue weighted by molar-refractivity contribution is -0.194. The van der Waals surface area contributed by atoms with Crippen LogP contribution >= 0.6 is 23.4 Å². The SMILES string of the molecule is N[C@@H](C(=O)N[C@H]1C(=O)N2[C@@H]1SC=C(Cl)C2(O)C(=O)O)c1ccccc1. The second kappa shape index (κ2) is 6.34. The summed E-state index contributed by atoms with van der Waals surface area (Å²) in [5.41, 5.74) is 3.83. The summed E-state index contributed by atoms with van der Waals surface area (Å²) in [6.07, 6.45) is 0. The number of aliphatic hydroxyl groups is 1. The predicted molar refractivity (Wildman–Crippen MR) is 90.0 cm³/mol. The average molecular weight is 384 g/mol. The number of rotatable bonds is 4. The number of hydrogen-bond donors (Lipinski definition) is 4. The van der Waals surface area contributed by atoms with Crippen LogP contribution in [0, 0.1) is 0 Å². The highest BCUT2D eigenvalue weighted by atomic mass is 35.5. The van der Waals surface area contributed by atoms with Crippen molar-refractivity contribution in [2.24, 2.45) is 5.73 Å². The highest BCUT2D eigenvalue weighted by Gasteiger charge is 2.63. The normalized spacial score (nSPS) is 29.2. The zero-order valence-electron chi connectivity index (χ0n) is 12.6. The Hall–Kier alpha value is -2.07. The number of amides is 2. The Kier molecular flexibility index (Phi) is 4.50. The Morgan fingerprint density at radius 2 is 2.00 bits per heavy atom. The maximum absolute atomic E-state index is 12.3. The maximum atomic E-state index is 12.3. The van der Waals surface area contributed by atoms with Crippen LogP contribution in [-0.2, 0) is 14.4 Å². The highest BCUT2D eigenvalue weighted by molar-refractivity contribution is 8.03. The third-order valence-electron chi connectivity index (χ3n) is 4.07. The van der Waals surface area contributed by atoms with E-state index in [-0.39, 0.29) is 5.03 Å². The third kappa shape index (κ3) is 2.69. The largest absolute Gasteiger partial charge is 0.477 e. The molecule has 2 amide bonds. The number of carbonyl (C=O) groups excluding carboxylic acids is 2. The number of fused-ring (bicyclic) bond motifs is 1. The minimum atomic E-state index is -2.63. The lowest BCUT2D eigenvalue weighted by atomic mass is 9.99. The van der Waals surface area contributed by atoms with E-state index in [1.54, 1.807) is 30.3 Å². The minimum Gasteiger partial charge on any atom is -0.477 e. The number of carboxylic acid groups (broad SMARTS) is 1. The van der Waals surface area contributed by atoms with Crippen molar-refractivity contribution in [3.63, 3.8) is 0 Å². The molecule has 1 unspecified atom stereocenters. The molecule has 2 heterocycles. The van der Waals surface area contributed by atoms with Gasteiger partial charge in [0.1, 0.15) is 17.5 Å². The number of thioether (sulfide) groups is 1. The predicted octanol–water partition coefficient (Wildman–Crippen LogP) is -0.0603. The summed E-state index contributed by atoms with van der Waals surface area (Å²) in [6, 6.07) is 6.63. The second-order valence-corrected chi connectivity index (χ2v) is 6.95. The molecule has 0 bridgehead atoms. The van der Waals surface area contributed by atoms with Gasteiger partial charge in [-0.1, -0.05) is 41.9 Å². The van der Waals surface area contributed by atoms with E-state index in [4.69, 9.17) is 17.3 Å². The first kappa shape index (κ1) is 17.7. The van der Waals surface area contributed by atoms with E-state index in [1.165, 1.54) is 5.41 Å². The summed E-state index contributed by atoms with van der Waals surface area (Å²) in [7, 11) is 0. The van der Waals surface area contributed by atoms with Crippen molar-refractivity contribution in [3.05, 3.63) is 46.3 Å². The van der Waals surface area contributed by atoms with Crippen molar-refractivity contribution < 1.29 is 24.6 Å². The monoisotopic (exact) mass is 383 g/mol. The lowest BCUT2D eigenvalue weighted by Gasteiger charge is -2.53. The summed E-state index contributed by atoms with van der Waals surface area (Å²) >= 11 is 6.80. The van der Waals surface area contributed by atoms with Gasteiger partial charge in [-0.15, -0.1) is 11.8 Å². The second-order valence-electron chi connectivity index (χ2n) is 5.55. The number of hydrogen-bond acceptors (Lipinski definition) is 6. The summed E-state index contributed by atoms with van der Waals surface area (Å²) in [5.74, 6) is -3.00. The number of carboxylic acids is 1. The molecule has 4 atom stereocenters. The number of nitrogens with zero attached hydrogens (tertiary/aromatic N) is 1. The van der Waals surface area contributed by atoms with Gasteiger partial charge in [0.25, 0.3) is 11.6 Å². The van der Waals surface area contributed by atoms with Crippen molar-refractivity contribution in [3.8, 4) is 0 Å². The number of nitrogens with one attached hydrogen (secondary N) is 1. The Morgan fingerprint density at radius 1 is 1.36 bits per heavy atom. The molecule has 5 N–H and O–H groups in total. The molecule has 0 aromatic heterocycles. The Balaban J connectivity index is 1.76. The van der Waals surface area contributed by atoms with Crippen LogP contribution in [0.15, 0.2) is 40.8 Å². The molecule has 1 aromatic rings. The van der Waals surface area contributed by atoms with E-state index in [1.807, 2.05) is 0 Å². The Labute approximate surface area is 151 Å². The standard InChI is InChI=1S/C15H14ClN3O5S/c16-8-6-25-13-10(12(21)19(13)15(8,24)14(22)23)18-11(20)9(17)7-4-2-1-3-5-7/h1-6,9-10,13,24H,17H2,(H,18,20)(H,22,23)/t9-,10+,13-,15?/m1/s1. The van der Waals surface area contributed by atoms with Gasteiger partial charge in [-0.05, 0) is 11.0 Å². The zero-order chi connectivity index (χ0) is 18.4. The van der Waals surface area contributed by atoms with Gasteiger partial charge in [-0.2, -0.15) is 0 Å². The van der Waals surface area contributed by atoms with Gasteiger partial charge >= 0.3 is 5.97 Å². The minimum absolute atomic E-state index is 0.389. The van der Waals surface area contributed by atoms with Crippen LogP contribution in [-0.4, -0.2) is 50.0 Å². The highest BCUT2D eigenvalue weighted by Crippen LogP contribution is 2.45. The molecule has 0 spiro atoms. The average Bonchev–Trinajstić information content (AvgIpc) is 2.61. The maximum Gasteiger partial charge on any atom is 0.363 e. The van der Waals surface area contributed by atoms with Crippen molar-refractivity contribution in [2.75, 3.05) is 0 Å². The molecule has 0 saturated carbocycles. The molecular weight excluding hydrogens is 370 g/mol. The molecule has 0 aliphatic carbocycles. The zero-order valence-corrected chi connectivity index (χ0v) is 14.2. The van der Waals surface area contributed by atoms with Crippen LogP contribution in [0.1, 0.15) is 11.6 Å². The molecule has 25 heavy (non-hydrogen) atoms. The fourth-order valence-corrected chi connectivity index (χ4v) is 4.14. The number of nitrogens with two attached hydrogens (primary N) is 1. The van der Waals surface area contributed by atoms with Gasteiger partial charge in [-0.25, -0.2) is 4.79 Å². The van der Waals surface area contributed by atoms with Gasteiger partial charge in [0.05, 0.1) is 5.03 Å². The Bertz CT molecular complexity index is 774. The Morgan fingerprint density at radius 3 is 2.60 bits per heavy atom. The molecule has 2 aliphatic rings. The lowest BCUT2D eigenvalue weighted by Crippen LogP contribution is -2.78. The molecule has 1 fully saturated rings. The first-order chi connectivity index (χ1) is 11.8. The molecule has 0 radical (unpaired) electrons. The summed E-state index contributed by atoms with van der Waals surface area (Å²) in [4.78, 5) is 36.7. The van der Waals surface area contributed by atoms with Gasteiger partial charge in [0.2, 0.25) is 5.91 Å². The van der Waals surface area contributed by atoms with Crippen molar-refractivity contribution in [1.82, 2.24) is 10.2 Å². The van der Waals surface area contributed by atoms with Gasteiger partial charge < -0.3 is 21.3 Å². The number of carbonyl (C=O) groups is 3. The van der Waals surface area contributed by atoms with E-state index in [2.05, 4.69) is 5.32 Å².